The van der Waals surface area contributed by atoms with Gasteiger partial charge in [-0.1, -0.05) is 24.8 Å². The minimum Gasteiger partial charge on any atom is -0.465 e. The quantitative estimate of drug-likeness (QED) is 0.492. The Bertz CT molecular complexity index is 1130. The predicted molar refractivity (Wildman–Crippen MR) is 108 cm³/mol. The van der Waals surface area contributed by atoms with Crippen LogP contribution in [0.4, 0.5) is 10.5 Å². The number of benzene rings is 2. The summed E-state index contributed by atoms with van der Waals surface area (Å²) in [5.41, 5.74) is 3.26. The second-order valence-corrected chi connectivity index (χ2v) is 7.20. The molecule has 140 valence electrons. The summed E-state index contributed by atoms with van der Waals surface area (Å²) in [6.45, 7) is 4.34. The van der Waals surface area contributed by atoms with Gasteiger partial charge in [0, 0.05) is 29.9 Å². The Hall–Kier alpha value is -3.32. The highest BCUT2D eigenvalue weighted by atomic mass is 32.2. The maximum Gasteiger partial charge on any atom is 0.337 e. The number of ether oxygens (including phenoxy) is 1. The molecule has 2 aromatic carbocycles. The third kappa shape index (κ3) is 2.99. The van der Waals surface area contributed by atoms with Crippen LogP contribution in [-0.4, -0.2) is 28.0 Å². The van der Waals surface area contributed by atoms with Crippen LogP contribution < -0.4 is 4.90 Å². The fourth-order valence-electron chi connectivity index (χ4n) is 3.23. The van der Waals surface area contributed by atoms with Crippen molar-refractivity contribution in [1.29, 1.82) is 0 Å². The van der Waals surface area contributed by atoms with Gasteiger partial charge in [-0.05, 0) is 35.9 Å². The van der Waals surface area contributed by atoms with Crippen LogP contribution in [0.5, 0.6) is 0 Å². The van der Waals surface area contributed by atoms with E-state index in [1.165, 1.54) is 12.0 Å². The Labute approximate surface area is 165 Å². The molecule has 28 heavy (non-hydrogen) atoms. The van der Waals surface area contributed by atoms with Crippen LogP contribution in [0.3, 0.4) is 0 Å². The third-order valence-corrected chi connectivity index (χ3v) is 5.41. The van der Waals surface area contributed by atoms with Gasteiger partial charge < -0.3 is 9.30 Å². The molecule has 6 nitrogen and oxygen atoms in total. The number of nitrogens with zero attached hydrogens (tertiary/aromatic N) is 2. The van der Waals surface area contributed by atoms with Crippen LogP contribution in [0.2, 0.25) is 0 Å². The van der Waals surface area contributed by atoms with Crippen molar-refractivity contribution in [3.05, 3.63) is 78.1 Å². The van der Waals surface area contributed by atoms with Crippen LogP contribution in [0.25, 0.3) is 10.9 Å². The van der Waals surface area contributed by atoms with E-state index in [0.717, 1.165) is 16.5 Å². The predicted octanol–water partition coefficient (Wildman–Crippen LogP) is 4.19. The lowest BCUT2D eigenvalue weighted by Gasteiger charge is -2.16. The minimum atomic E-state index is -0.370. The van der Waals surface area contributed by atoms with Gasteiger partial charge in [0.25, 0.3) is 5.24 Å². The van der Waals surface area contributed by atoms with E-state index in [-0.39, 0.29) is 22.0 Å². The number of anilines is 1. The van der Waals surface area contributed by atoms with Gasteiger partial charge >= 0.3 is 5.97 Å². The number of carbonyl (C=O) groups is 3. The van der Waals surface area contributed by atoms with Gasteiger partial charge in [0.2, 0.25) is 5.12 Å². The molecule has 2 heterocycles. The van der Waals surface area contributed by atoms with Crippen molar-refractivity contribution in [2.24, 2.45) is 0 Å². The summed E-state index contributed by atoms with van der Waals surface area (Å²) in [4.78, 5) is 37.0. The number of methoxy groups -OCH3 is 1. The molecule has 1 aliphatic rings. The van der Waals surface area contributed by atoms with Crippen LogP contribution in [0.1, 0.15) is 15.9 Å². The number of aromatic nitrogens is 1. The Morgan fingerprint density at radius 3 is 2.50 bits per heavy atom. The van der Waals surface area contributed by atoms with E-state index >= 15 is 0 Å². The molecule has 1 aliphatic heterocycles. The van der Waals surface area contributed by atoms with Gasteiger partial charge in [-0.15, -0.1) is 0 Å². The fourth-order valence-corrected chi connectivity index (χ4v) is 3.90. The van der Waals surface area contributed by atoms with Crippen molar-refractivity contribution in [3.63, 3.8) is 0 Å². The molecule has 0 N–H and O–H groups in total. The van der Waals surface area contributed by atoms with Crippen LogP contribution in [0.15, 0.2) is 67.0 Å². The van der Waals surface area contributed by atoms with E-state index in [2.05, 4.69) is 6.58 Å². The standard InChI is InChI=1S/C21H16N2O4S/c1-13-20(25)28-21(26)23(13)18-5-3-4-17-16(18)10-11-22(17)12-14-6-8-15(9-7-14)19(24)27-2/h3-11H,1,12H2,2H3. The normalized spacial score (nSPS) is 14.2. The van der Waals surface area contributed by atoms with Crippen molar-refractivity contribution in [3.8, 4) is 0 Å². The summed E-state index contributed by atoms with van der Waals surface area (Å²) in [7, 11) is 1.35. The minimum absolute atomic E-state index is 0.175. The van der Waals surface area contributed by atoms with Crippen molar-refractivity contribution in [2.45, 2.75) is 6.54 Å². The second-order valence-electron chi connectivity index (χ2n) is 6.28. The van der Waals surface area contributed by atoms with Gasteiger partial charge in [0.15, 0.2) is 0 Å². The Kier molecular flexibility index (Phi) is 4.52. The molecule has 0 radical (unpaired) electrons. The summed E-state index contributed by atoms with van der Waals surface area (Å²) >= 11 is 0.659. The molecule has 0 atom stereocenters. The van der Waals surface area contributed by atoms with Gasteiger partial charge in [0.1, 0.15) is 0 Å². The first kappa shape index (κ1) is 18.1. The van der Waals surface area contributed by atoms with E-state index < -0.39 is 0 Å². The zero-order valence-corrected chi connectivity index (χ0v) is 15.9. The lowest BCUT2D eigenvalue weighted by Crippen LogP contribution is -2.20. The first-order valence-electron chi connectivity index (χ1n) is 8.50. The maximum atomic E-state index is 12.2. The van der Waals surface area contributed by atoms with E-state index in [1.807, 2.05) is 41.1 Å². The van der Waals surface area contributed by atoms with Crippen LogP contribution >= 0.6 is 11.8 Å². The summed E-state index contributed by atoms with van der Waals surface area (Å²) in [6.07, 6.45) is 1.93. The summed E-state index contributed by atoms with van der Waals surface area (Å²) in [6, 6.07) is 14.7. The van der Waals surface area contributed by atoms with Crippen LogP contribution in [-0.2, 0) is 16.1 Å². The number of rotatable bonds is 4. The number of carbonyl (C=O) groups excluding carboxylic acids is 3. The molecular formula is C21H16N2O4S. The molecule has 1 fully saturated rings. The SMILES string of the molecule is C=C1C(=O)SC(=O)N1c1cccc2c1ccn2Cc1ccc(C(=O)OC)cc1. The molecule has 0 unspecified atom stereocenters. The smallest absolute Gasteiger partial charge is 0.337 e. The van der Waals surface area contributed by atoms with E-state index in [4.69, 9.17) is 4.74 Å². The molecule has 4 rings (SSSR count). The Balaban J connectivity index is 1.67. The van der Waals surface area contributed by atoms with Crippen molar-refractivity contribution < 1.29 is 19.1 Å². The third-order valence-electron chi connectivity index (χ3n) is 4.63. The van der Waals surface area contributed by atoms with Crippen LogP contribution in [0, 0.1) is 0 Å². The van der Waals surface area contributed by atoms with Crippen molar-refractivity contribution in [2.75, 3.05) is 12.0 Å². The fraction of sp³-hybridized carbons (Fsp3) is 0.0952. The largest absolute Gasteiger partial charge is 0.465 e. The number of hydrogen-bond donors (Lipinski definition) is 0. The van der Waals surface area contributed by atoms with E-state index in [1.54, 1.807) is 18.2 Å². The van der Waals surface area contributed by atoms with Gasteiger partial charge in [-0.3, -0.25) is 14.5 Å². The van der Waals surface area contributed by atoms with Crippen molar-refractivity contribution >= 4 is 44.7 Å². The topological polar surface area (TPSA) is 68.6 Å². The lowest BCUT2D eigenvalue weighted by molar-refractivity contribution is -0.107. The molecule has 1 saturated heterocycles. The average Bonchev–Trinajstić information content (AvgIpc) is 3.22. The monoisotopic (exact) mass is 392 g/mol. The molecule has 0 spiro atoms. The zero-order valence-electron chi connectivity index (χ0n) is 15.0. The summed E-state index contributed by atoms with van der Waals surface area (Å²) in [5.74, 6) is -0.370. The highest BCUT2D eigenvalue weighted by molar-refractivity contribution is 8.27. The summed E-state index contributed by atoms with van der Waals surface area (Å²) in [5, 5.41) is 0.194. The number of amides is 1. The number of esters is 1. The molecular weight excluding hydrogens is 376 g/mol. The lowest BCUT2D eigenvalue weighted by atomic mass is 10.1. The molecule has 0 bridgehead atoms. The van der Waals surface area contributed by atoms with Gasteiger partial charge in [-0.25, -0.2) is 4.79 Å². The first-order valence-corrected chi connectivity index (χ1v) is 9.31. The maximum absolute atomic E-state index is 12.2. The zero-order chi connectivity index (χ0) is 19.8. The molecule has 1 aromatic heterocycles. The van der Waals surface area contributed by atoms with Crippen molar-refractivity contribution in [1.82, 2.24) is 4.57 Å². The molecule has 0 saturated carbocycles. The van der Waals surface area contributed by atoms with Gasteiger partial charge in [0.05, 0.1) is 29.6 Å². The Morgan fingerprint density at radius 2 is 1.86 bits per heavy atom. The van der Waals surface area contributed by atoms with E-state index in [0.29, 0.717) is 29.6 Å². The molecule has 0 aliphatic carbocycles. The molecule has 3 aromatic rings. The number of thioether (sulfide) groups is 1. The summed E-state index contributed by atoms with van der Waals surface area (Å²) < 4.78 is 6.76. The second kappa shape index (κ2) is 7.01. The number of fused-ring (bicyclic) bond motifs is 1. The first-order chi connectivity index (χ1) is 13.5. The number of hydrogen-bond acceptors (Lipinski definition) is 5. The van der Waals surface area contributed by atoms with E-state index in [9.17, 15) is 14.4 Å². The Morgan fingerprint density at radius 1 is 1.11 bits per heavy atom. The molecule has 1 amide bonds. The van der Waals surface area contributed by atoms with Gasteiger partial charge in [-0.2, -0.15) is 0 Å². The highest BCUT2D eigenvalue weighted by Gasteiger charge is 2.35. The average molecular weight is 392 g/mol. The molecule has 7 heteroatoms. The highest BCUT2D eigenvalue weighted by Crippen LogP contribution is 2.37.